The predicted octanol–water partition coefficient (Wildman–Crippen LogP) is 3.69. The first-order chi connectivity index (χ1) is 17.5. The Morgan fingerprint density at radius 1 is 1.06 bits per heavy atom. The maximum absolute atomic E-state index is 13.3. The van der Waals surface area contributed by atoms with Gasteiger partial charge in [0, 0.05) is 12.7 Å². The van der Waals surface area contributed by atoms with Crippen LogP contribution in [0.4, 0.5) is 10.5 Å². The van der Waals surface area contributed by atoms with Gasteiger partial charge in [-0.05, 0) is 48.2 Å². The molecule has 1 fully saturated rings. The highest BCUT2D eigenvalue weighted by atomic mass is 16.6. The summed E-state index contributed by atoms with van der Waals surface area (Å²) in [6, 6.07) is 17.9. The van der Waals surface area contributed by atoms with E-state index in [0.717, 1.165) is 5.56 Å². The lowest BCUT2D eigenvalue weighted by atomic mass is 10.0. The number of benzene rings is 2. The van der Waals surface area contributed by atoms with Gasteiger partial charge >= 0.3 is 6.09 Å². The van der Waals surface area contributed by atoms with Crippen molar-refractivity contribution in [1.82, 2.24) is 15.2 Å². The number of methoxy groups -OCH3 is 1. The number of nitrogens with zero attached hydrogens (tertiary/aromatic N) is 2. The minimum absolute atomic E-state index is 0.118. The number of hydrogen-bond acceptors (Lipinski definition) is 6. The normalized spacial score (nSPS) is 15.6. The third-order valence-electron chi connectivity index (χ3n) is 5.92. The van der Waals surface area contributed by atoms with Gasteiger partial charge in [-0.2, -0.15) is 0 Å². The monoisotopic (exact) mass is 488 g/mol. The fourth-order valence-electron chi connectivity index (χ4n) is 4.05. The molecule has 36 heavy (non-hydrogen) atoms. The lowest BCUT2D eigenvalue weighted by Crippen LogP contribution is -2.48. The number of rotatable bonds is 8. The highest BCUT2D eigenvalue weighted by Gasteiger charge is 2.37. The van der Waals surface area contributed by atoms with Gasteiger partial charge in [-0.3, -0.25) is 19.5 Å². The zero-order chi connectivity index (χ0) is 25.3. The van der Waals surface area contributed by atoms with Crippen LogP contribution in [0.25, 0.3) is 0 Å². The Morgan fingerprint density at radius 3 is 2.53 bits per heavy atom. The summed E-state index contributed by atoms with van der Waals surface area (Å²) in [5.74, 6) is -0.233. The fraction of sp³-hybridized carbons (Fsp3) is 0.259. The second kappa shape index (κ2) is 11.8. The molecule has 2 aromatic carbocycles. The molecule has 0 saturated carbocycles. The van der Waals surface area contributed by atoms with E-state index in [9.17, 15) is 14.4 Å². The number of aromatic nitrogens is 1. The number of carbonyl (C=O) groups is 3. The van der Waals surface area contributed by atoms with Gasteiger partial charge in [-0.15, -0.1) is 0 Å². The summed E-state index contributed by atoms with van der Waals surface area (Å²) in [5.41, 5.74) is 1.93. The van der Waals surface area contributed by atoms with Crippen molar-refractivity contribution in [2.24, 2.45) is 0 Å². The first-order valence-corrected chi connectivity index (χ1v) is 11.7. The summed E-state index contributed by atoms with van der Waals surface area (Å²) in [6.07, 6.45) is 3.70. The van der Waals surface area contributed by atoms with Gasteiger partial charge in [-0.25, -0.2) is 4.79 Å². The molecule has 9 heteroatoms. The molecule has 0 spiro atoms. The van der Waals surface area contributed by atoms with Crippen LogP contribution in [-0.4, -0.2) is 47.5 Å². The van der Waals surface area contributed by atoms with Crippen molar-refractivity contribution in [3.05, 3.63) is 90.3 Å². The molecule has 9 nitrogen and oxygen atoms in total. The Morgan fingerprint density at radius 2 is 1.83 bits per heavy atom. The van der Waals surface area contributed by atoms with Crippen LogP contribution >= 0.6 is 0 Å². The molecule has 0 radical (unpaired) electrons. The van der Waals surface area contributed by atoms with Crippen molar-refractivity contribution >= 4 is 23.6 Å². The second-order valence-corrected chi connectivity index (χ2v) is 8.34. The average molecular weight is 489 g/mol. The van der Waals surface area contributed by atoms with E-state index < -0.39 is 30.0 Å². The smallest absolute Gasteiger partial charge is 0.410 e. The van der Waals surface area contributed by atoms with Crippen molar-refractivity contribution < 1.29 is 23.9 Å². The molecule has 4 rings (SSSR count). The van der Waals surface area contributed by atoms with Gasteiger partial charge in [0.15, 0.2) is 0 Å². The van der Waals surface area contributed by atoms with E-state index in [-0.39, 0.29) is 6.61 Å². The average Bonchev–Trinajstić information content (AvgIpc) is 3.42. The molecule has 0 aliphatic carbocycles. The van der Waals surface area contributed by atoms with Gasteiger partial charge < -0.3 is 20.1 Å². The van der Waals surface area contributed by atoms with Gasteiger partial charge in [-0.1, -0.05) is 42.5 Å². The van der Waals surface area contributed by atoms with Crippen LogP contribution < -0.4 is 15.4 Å². The van der Waals surface area contributed by atoms with Crippen LogP contribution in [0.15, 0.2) is 79.1 Å². The molecule has 3 amide bonds. The van der Waals surface area contributed by atoms with Gasteiger partial charge in [0.25, 0.3) is 5.91 Å². The summed E-state index contributed by atoms with van der Waals surface area (Å²) in [5, 5.41) is 5.61. The molecule has 1 saturated heterocycles. The minimum atomic E-state index is -0.994. The number of carbonyl (C=O) groups excluding carboxylic acids is 3. The highest BCUT2D eigenvalue weighted by molar-refractivity contribution is 5.98. The quantitative estimate of drug-likeness (QED) is 0.501. The molecule has 1 aromatic heterocycles. The standard InChI is InChI=1S/C27H28N4O5/c1-35-22-13-11-20(12-14-22)24(26(33)29-21-9-5-15-28-17-21)30-25(32)23-10-6-16-31(23)27(34)36-18-19-7-3-2-4-8-19/h2-5,7-9,11-15,17,23-24H,6,10,16,18H2,1H3,(H,29,33)(H,30,32)/t23-,24-/m0/s1. The number of amides is 3. The zero-order valence-electron chi connectivity index (χ0n) is 19.9. The van der Waals surface area contributed by atoms with Crippen molar-refractivity contribution in [1.29, 1.82) is 0 Å². The molecular weight excluding hydrogens is 460 g/mol. The molecule has 1 aliphatic heterocycles. The third-order valence-corrected chi connectivity index (χ3v) is 5.92. The number of nitrogens with one attached hydrogen (secondary N) is 2. The molecule has 3 aromatic rings. The van der Waals surface area contributed by atoms with Crippen LogP contribution in [0.5, 0.6) is 5.75 Å². The Labute approximate surface area is 209 Å². The Kier molecular flexibility index (Phi) is 8.12. The SMILES string of the molecule is COc1ccc([C@H](NC(=O)[C@@H]2CCCN2C(=O)OCc2ccccc2)C(=O)Nc2cccnc2)cc1. The van der Waals surface area contributed by atoms with E-state index in [2.05, 4.69) is 15.6 Å². The first kappa shape index (κ1) is 24.7. The van der Waals surface area contributed by atoms with Crippen LogP contribution in [0.1, 0.15) is 30.0 Å². The van der Waals surface area contributed by atoms with Crippen molar-refractivity contribution in [3.8, 4) is 5.75 Å². The van der Waals surface area contributed by atoms with E-state index in [1.54, 1.807) is 49.7 Å². The molecule has 0 bridgehead atoms. The predicted molar refractivity (Wildman–Crippen MR) is 133 cm³/mol. The number of pyridine rings is 1. The van der Waals surface area contributed by atoms with Gasteiger partial charge in [0.05, 0.1) is 19.0 Å². The van der Waals surface area contributed by atoms with Crippen molar-refractivity contribution in [2.45, 2.75) is 31.5 Å². The Bertz CT molecular complexity index is 1170. The van der Waals surface area contributed by atoms with E-state index in [1.807, 2.05) is 30.3 Å². The lowest BCUT2D eigenvalue weighted by Gasteiger charge is -2.26. The van der Waals surface area contributed by atoms with Crippen LogP contribution in [-0.2, 0) is 20.9 Å². The van der Waals surface area contributed by atoms with E-state index in [0.29, 0.717) is 36.4 Å². The minimum Gasteiger partial charge on any atom is -0.497 e. The van der Waals surface area contributed by atoms with Crippen molar-refractivity contribution in [2.75, 3.05) is 19.0 Å². The molecule has 0 unspecified atom stereocenters. The number of likely N-dealkylation sites (tertiary alicyclic amines) is 1. The zero-order valence-corrected chi connectivity index (χ0v) is 19.9. The summed E-state index contributed by atoms with van der Waals surface area (Å²) >= 11 is 0. The summed E-state index contributed by atoms with van der Waals surface area (Å²) in [7, 11) is 1.55. The summed E-state index contributed by atoms with van der Waals surface area (Å²) < 4.78 is 10.6. The molecule has 2 atom stereocenters. The molecular formula is C27H28N4O5. The van der Waals surface area contributed by atoms with Gasteiger partial charge in [0.2, 0.25) is 5.91 Å². The van der Waals surface area contributed by atoms with E-state index >= 15 is 0 Å². The first-order valence-electron chi connectivity index (χ1n) is 11.7. The second-order valence-electron chi connectivity index (χ2n) is 8.34. The van der Waals surface area contributed by atoms with Gasteiger partial charge in [0.1, 0.15) is 24.4 Å². The summed E-state index contributed by atoms with van der Waals surface area (Å²) in [6.45, 7) is 0.521. The van der Waals surface area contributed by atoms with E-state index in [4.69, 9.17) is 9.47 Å². The molecule has 1 aliphatic rings. The van der Waals surface area contributed by atoms with Crippen LogP contribution in [0, 0.1) is 0 Å². The Hall–Kier alpha value is -4.40. The maximum atomic E-state index is 13.3. The van der Waals surface area contributed by atoms with Crippen LogP contribution in [0.3, 0.4) is 0 Å². The third kappa shape index (κ3) is 6.18. The topological polar surface area (TPSA) is 110 Å². The lowest BCUT2D eigenvalue weighted by molar-refractivity contribution is -0.129. The Balaban J connectivity index is 1.47. The van der Waals surface area contributed by atoms with Crippen LogP contribution in [0.2, 0.25) is 0 Å². The number of anilines is 1. The summed E-state index contributed by atoms with van der Waals surface area (Å²) in [4.78, 5) is 44.7. The fourth-order valence-corrected chi connectivity index (χ4v) is 4.05. The number of ether oxygens (including phenoxy) is 2. The maximum Gasteiger partial charge on any atom is 0.410 e. The van der Waals surface area contributed by atoms with Crippen molar-refractivity contribution in [3.63, 3.8) is 0 Å². The largest absolute Gasteiger partial charge is 0.497 e. The van der Waals surface area contributed by atoms with E-state index in [1.165, 1.54) is 11.1 Å². The molecule has 2 N–H and O–H groups in total. The molecule has 186 valence electrons. The number of hydrogen-bond donors (Lipinski definition) is 2. The molecule has 2 heterocycles. The highest BCUT2D eigenvalue weighted by Crippen LogP contribution is 2.23.